The van der Waals surface area contributed by atoms with Crippen LogP contribution in [-0.2, 0) is 16.0 Å². The van der Waals surface area contributed by atoms with Gasteiger partial charge in [0.15, 0.2) is 0 Å². The predicted octanol–water partition coefficient (Wildman–Crippen LogP) is 0.385. The summed E-state index contributed by atoms with van der Waals surface area (Å²) in [4.78, 5) is 23.2. The zero-order valence-electron chi connectivity index (χ0n) is 11.0. The molecular weight excluding hydrogens is 260 g/mol. The average molecular weight is 278 g/mol. The maximum Gasteiger partial charge on any atom is 0.329 e. The summed E-state index contributed by atoms with van der Waals surface area (Å²) in [6, 6.07) is 5.59. The number of carbonyl (C=O) groups is 2. The van der Waals surface area contributed by atoms with Crippen molar-refractivity contribution in [2.45, 2.75) is 37.3 Å². The second kappa shape index (κ2) is 5.50. The molecule has 1 saturated carbocycles. The lowest BCUT2D eigenvalue weighted by molar-refractivity contribution is -0.152. The molecule has 20 heavy (non-hydrogen) atoms. The summed E-state index contributed by atoms with van der Waals surface area (Å²) in [6.07, 6.45) is 1.97. The number of carboxylic acids is 1. The van der Waals surface area contributed by atoms with Crippen molar-refractivity contribution in [3.8, 4) is 5.75 Å². The molecule has 5 N–H and O–H groups in total. The number of nitrogens with two attached hydrogens (primary N) is 1. The Balaban J connectivity index is 1.95. The topological polar surface area (TPSA) is 113 Å². The molecule has 1 atom stereocenters. The number of hydrogen-bond acceptors (Lipinski definition) is 4. The van der Waals surface area contributed by atoms with Gasteiger partial charge in [0, 0.05) is 0 Å². The highest BCUT2D eigenvalue weighted by Gasteiger charge is 2.46. The number of nitrogens with one attached hydrogen (secondary N) is 1. The highest BCUT2D eigenvalue weighted by atomic mass is 16.4. The Morgan fingerprint density at radius 1 is 1.30 bits per heavy atom. The molecule has 0 aromatic heterocycles. The van der Waals surface area contributed by atoms with Crippen LogP contribution in [0.15, 0.2) is 24.3 Å². The highest BCUT2D eigenvalue weighted by molar-refractivity contribution is 5.90. The first-order valence-electron chi connectivity index (χ1n) is 6.52. The van der Waals surface area contributed by atoms with Crippen molar-refractivity contribution in [1.29, 1.82) is 0 Å². The van der Waals surface area contributed by atoms with Gasteiger partial charge in [0.2, 0.25) is 5.91 Å². The van der Waals surface area contributed by atoms with Crippen molar-refractivity contribution < 1.29 is 19.8 Å². The fourth-order valence-electron chi connectivity index (χ4n) is 2.23. The summed E-state index contributed by atoms with van der Waals surface area (Å²) in [7, 11) is 0. The van der Waals surface area contributed by atoms with Crippen molar-refractivity contribution in [1.82, 2.24) is 5.32 Å². The van der Waals surface area contributed by atoms with Crippen LogP contribution < -0.4 is 11.1 Å². The number of carbonyl (C=O) groups excluding carboxylic acids is 1. The molecule has 6 heteroatoms. The molecule has 0 heterocycles. The van der Waals surface area contributed by atoms with Crippen molar-refractivity contribution in [3.63, 3.8) is 0 Å². The van der Waals surface area contributed by atoms with Crippen molar-refractivity contribution in [2.75, 3.05) is 0 Å². The lowest BCUT2D eigenvalue weighted by Gasteiger charge is -2.38. The number of hydrogen-bond donors (Lipinski definition) is 4. The van der Waals surface area contributed by atoms with Gasteiger partial charge >= 0.3 is 5.97 Å². The van der Waals surface area contributed by atoms with Crippen molar-refractivity contribution in [2.24, 2.45) is 5.73 Å². The molecule has 1 fully saturated rings. The van der Waals surface area contributed by atoms with Gasteiger partial charge in [-0.15, -0.1) is 0 Å². The summed E-state index contributed by atoms with van der Waals surface area (Å²) in [6.45, 7) is 0. The molecule has 0 spiro atoms. The largest absolute Gasteiger partial charge is 0.508 e. The van der Waals surface area contributed by atoms with Gasteiger partial charge in [-0.25, -0.2) is 4.79 Å². The fourth-order valence-corrected chi connectivity index (χ4v) is 2.23. The van der Waals surface area contributed by atoms with Gasteiger partial charge in [-0.05, 0) is 43.4 Å². The van der Waals surface area contributed by atoms with Gasteiger partial charge in [-0.1, -0.05) is 12.1 Å². The number of aromatic hydroxyl groups is 1. The Morgan fingerprint density at radius 3 is 2.35 bits per heavy atom. The predicted molar refractivity (Wildman–Crippen MR) is 72.1 cm³/mol. The summed E-state index contributed by atoms with van der Waals surface area (Å²) in [5.41, 5.74) is 5.48. The van der Waals surface area contributed by atoms with Crippen molar-refractivity contribution in [3.05, 3.63) is 29.8 Å². The number of aliphatic carboxylic acids is 1. The molecule has 6 nitrogen and oxygen atoms in total. The van der Waals surface area contributed by atoms with E-state index in [0.717, 1.165) is 12.0 Å². The van der Waals surface area contributed by atoms with Gasteiger partial charge < -0.3 is 21.3 Å². The minimum absolute atomic E-state index is 0.145. The van der Waals surface area contributed by atoms with E-state index in [-0.39, 0.29) is 5.75 Å². The van der Waals surface area contributed by atoms with E-state index < -0.39 is 23.5 Å². The van der Waals surface area contributed by atoms with Gasteiger partial charge in [0.1, 0.15) is 11.3 Å². The smallest absolute Gasteiger partial charge is 0.329 e. The third-order valence-corrected chi connectivity index (χ3v) is 3.71. The molecule has 2 rings (SSSR count). The average Bonchev–Trinajstić information content (AvgIpc) is 2.35. The van der Waals surface area contributed by atoms with E-state index in [2.05, 4.69) is 5.32 Å². The second-order valence-electron chi connectivity index (χ2n) is 5.21. The van der Waals surface area contributed by atoms with Gasteiger partial charge in [0.05, 0.1) is 6.04 Å². The van der Waals surface area contributed by atoms with Crippen molar-refractivity contribution >= 4 is 11.9 Å². The summed E-state index contributed by atoms with van der Waals surface area (Å²) in [5, 5.41) is 20.9. The minimum atomic E-state index is -1.14. The minimum Gasteiger partial charge on any atom is -0.508 e. The number of rotatable bonds is 5. The van der Waals surface area contributed by atoms with Crippen LogP contribution >= 0.6 is 0 Å². The molecule has 1 aromatic carbocycles. The van der Waals surface area contributed by atoms with E-state index in [1.807, 2.05) is 0 Å². The van der Waals surface area contributed by atoms with Gasteiger partial charge in [0.25, 0.3) is 0 Å². The first-order valence-corrected chi connectivity index (χ1v) is 6.52. The highest BCUT2D eigenvalue weighted by Crippen LogP contribution is 2.32. The second-order valence-corrected chi connectivity index (χ2v) is 5.21. The summed E-state index contributed by atoms with van der Waals surface area (Å²) < 4.78 is 0. The summed E-state index contributed by atoms with van der Waals surface area (Å²) >= 11 is 0. The SMILES string of the molecule is N[C@@H](Cc1ccc(O)cc1)C(=O)NC1(C(=O)O)CCC1. The van der Waals surface area contributed by atoms with Crippen LogP contribution in [-0.4, -0.2) is 33.7 Å². The number of amides is 1. The standard InChI is InChI=1S/C14H18N2O4/c15-11(8-9-2-4-10(17)5-3-9)12(18)16-14(13(19)20)6-1-7-14/h2-5,11,17H,1,6-8,15H2,(H,16,18)(H,19,20)/t11-/m0/s1. The van der Waals surface area contributed by atoms with Crippen LogP contribution in [0.4, 0.5) is 0 Å². The van der Waals surface area contributed by atoms with E-state index in [1.165, 1.54) is 12.1 Å². The van der Waals surface area contributed by atoms with E-state index in [1.54, 1.807) is 12.1 Å². The van der Waals surface area contributed by atoms with Gasteiger partial charge in [-0.2, -0.15) is 0 Å². The molecule has 1 aliphatic carbocycles. The zero-order chi connectivity index (χ0) is 14.8. The molecular formula is C14H18N2O4. The zero-order valence-corrected chi connectivity index (χ0v) is 11.0. The van der Waals surface area contributed by atoms with Crippen LogP contribution in [0.25, 0.3) is 0 Å². The van der Waals surface area contributed by atoms with Crippen LogP contribution in [0.3, 0.4) is 0 Å². The van der Waals surface area contributed by atoms with Gasteiger partial charge in [-0.3, -0.25) is 4.79 Å². The van der Waals surface area contributed by atoms with E-state index in [4.69, 9.17) is 10.8 Å². The van der Waals surface area contributed by atoms with E-state index in [0.29, 0.717) is 19.3 Å². The normalized spacial score (nSPS) is 17.9. The molecule has 1 aromatic rings. The molecule has 1 amide bonds. The van der Waals surface area contributed by atoms with Crippen LogP contribution in [0.5, 0.6) is 5.75 Å². The molecule has 0 aliphatic heterocycles. The first kappa shape index (κ1) is 14.3. The molecule has 0 bridgehead atoms. The molecule has 1 aliphatic rings. The van der Waals surface area contributed by atoms with E-state index >= 15 is 0 Å². The van der Waals surface area contributed by atoms with E-state index in [9.17, 15) is 14.7 Å². The maximum atomic E-state index is 12.0. The Kier molecular flexibility index (Phi) is 3.94. The Hall–Kier alpha value is -2.08. The summed E-state index contributed by atoms with van der Waals surface area (Å²) in [5.74, 6) is -1.32. The Morgan fingerprint density at radius 2 is 1.90 bits per heavy atom. The third kappa shape index (κ3) is 2.91. The van der Waals surface area contributed by atoms with Crippen LogP contribution in [0.1, 0.15) is 24.8 Å². The molecule has 0 radical (unpaired) electrons. The Bertz CT molecular complexity index is 508. The number of phenols is 1. The molecule has 0 unspecified atom stereocenters. The Labute approximate surface area is 116 Å². The lowest BCUT2D eigenvalue weighted by Crippen LogP contribution is -2.62. The first-order chi connectivity index (χ1) is 9.43. The quantitative estimate of drug-likeness (QED) is 0.622. The molecule has 108 valence electrons. The third-order valence-electron chi connectivity index (χ3n) is 3.71. The number of phenolic OH excluding ortho intramolecular Hbond substituents is 1. The monoisotopic (exact) mass is 278 g/mol. The van der Waals surface area contributed by atoms with Crippen LogP contribution in [0, 0.1) is 0 Å². The lowest BCUT2D eigenvalue weighted by atomic mass is 9.76. The van der Waals surface area contributed by atoms with Crippen LogP contribution in [0.2, 0.25) is 0 Å². The molecule has 0 saturated heterocycles. The fraction of sp³-hybridized carbons (Fsp3) is 0.429. The number of carboxylic acid groups (broad SMARTS) is 1. The maximum absolute atomic E-state index is 12.0. The number of benzene rings is 1.